The van der Waals surface area contributed by atoms with E-state index >= 15 is 0 Å². The van der Waals surface area contributed by atoms with Gasteiger partial charge in [-0.15, -0.1) is 0 Å². The molecule has 0 radical (unpaired) electrons. The second-order valence-corrected chi connectivity index (χ2v) is 7.63. The third-order valence-corrected chi connectivity index (χ3v) is 4.30. The predicted octanol–water partition coefficient (Wildman–Crippen LogP) is 2.72. The zero-order chi connectivity index (χ0) is 19.3. The van der Waals surface area contributed by atoms with Gasteiger partial charge in [0.1, 0.15) is 17.4 Å². The highest BCUT2D eigenvalue weighted by molar-refractivity contribution is 5.92. The lowest BCUT2D eigenvalue weighted by molar-refractivity contribution is 0.0150. The van der Waals surface area contributed by atoms with Crippen molar-refractivity contribution < 1.29 is 14.3 Å². The van der Waals surface area contributed by atoms with Crippen LogP contribution in [0.15, 0.2) is 18.3 Å². The summed E-state index contributed by atoms with van der Waals surface area (Å²) >= 11 is 0. The Labute approximate surface area is 154 Å². The predicted molar refractivity (Wildman–Crippen MR) is 96.4 cm³/mol. The summed E-state index contributed by atoms with van der Waals surface area (Å²) in [6.45, 7) is 8.70. The number of hydrogen-bond acceptors (Lipinski definition) is 5. The minimum absolute atomic E-state index is 0.106. The summed E-state index contributed by atoms with van der Waals surface area (Å²) < 4.78 is 5.44. The van der Waals surface area contributed by atoms with Gasteiger partial charge in [-0.25, -0.2) is 9.78 Å². The quantitative estimate of drug-likeness (QED) is 0.896. The van der Waals surface area contributed by atoms with Crippen LogP contribution in [-0.2, 0) is 4.74 Å². The van der Waals surface area contributed by atoms with Crippen molar-refractivity contribution in [1.82, 2.24) is 15.2 Å². The van der Waals surface area contributed by atoms with Gasteiger partial charge in [-0.1, -0.05) is 0 Å². The highest BCUT2D eigenvalue weighted by Gasteiger charge is 2.30. The van der Waals surface area contributed by atoms with Crippen molar-refractivity contribution in [3.63, 3.8) is 0 Å². The van der Waals surface area contributed by atoms with E-state index in [4.69, 9.17) is 10.00 Å². The summed E-state index contributed by atoms with van der Waals surface area (Å²) in [5, 5.41) is 11.7. The first kappa shape index (κ1) is 19.7. The van der Waals surface area contributed by atoms with Gasteiger partial charge in [0.15, 0.2) is 0 Å². The molecule has 0 bridgehead atoms. The zero-order valence-electron chi connectivity index (χ0n) is 15.8. The molecule has 1 saturated heterocycles. The Morgan fingerprint density at radius 3 is 2.73 bits per heavy atom. The fourth-order valence-electron chi connectivity index (χ4n) is 2.90. The van der Waals surface area contributed by atoms with Crippen LogP contribution in [0.25, 0.3) is 0 Å². The molecule has 1 aliphatic heterocycles. The van der Waals surface area contributed by atoms with Gasteiger partial charge in [0.25, 0.3) is 5.91 Å². The molecule has 2 heterocycles. The molecule has 140 valence electrons. The molecule has 0 unspecified atom stereocenters. The molecule has 1 aliphatic rings. The number of hydrogen-bond donors (Lipinski definition) is 1. The number of piperidine rings is 1. The molecule has 7 nitrogen and oxygen atoms in total. The number of carbonyl (C=O) groups is 2. The standard InChI is InChI=1S/C19H26N4O3/c1-13(22-17(24)16-8-7-14(10-20)11-21-16)15-6-5-9-23(12-15)18(25)26-19(2,3)4/h7-8,11,13,15H,5-6,9,12H2,1-4H3,(H,22,24)/t13-,15+/m1/s1. The summed E-state index contributed by atoms with van der Waals surface area (Å²) in [5.74, 6) is -0.130. The van der Waals surface area contributed by atoms with E-state index < -0.39 is 5.60 Å². The van der Waals surface area contributed by atoms with E-state index in [0.29, 0.717) is 18.7 Å². The van der Waals surface area contributed by atoms with Gasteiger partial charge < -0.3 is 15.0 Å². The number of carbonyl (C=O) groups excluding carboxylic acids is 2. The van der Waals surface area contributed by atoms with Crippen molar-refractivity contribution in [2.75, 3.05) is 13.1 Å². The lowest BCUT2D eigenvalue weighted by Gasteiger charge is -2.36. The fraction of sp³-hybridized carbons (Fsp3) is 0.579. The molecule has 0 aromatic carbocycles. The van der Waals surface area contributed by atoms with E-state index in [1.165, 1.54) is 12.3 Å². The van der Waals surface area contributed by atoms with E-state index in [1.54, 1.807) is 11.0 Å². The summed E-state index contributed by atoms with van der Waals surface area (Å²) in [7, 11) is 0. The van der Waals surface area contributed by atoms with Crippen molar-refractivity contribution in [3.8, 4) is 6.07 Å². The summed E-state index contributed by atoms with van der Waals surface area (Å²) in [6.07, 6.45) is 2.88. The third-order valence-electron chi connectivity index (χ3n) is 4.30. The normalized spacial score (nSPS) is 18.6. The number of pyridine rings is 1. The molecule has 1 N–H and O–H groups in total. The average Bonchev–Trinajstić information content (AvgIpc) is 2.60. The van der Waals surface area contributed by atoms with Crippen molar-refractivity contribution in [2.24, 2.45) is 5.92 Å². The van der Waals surface area contributed by atoms with Crippen LogP contribution in [0.2, 0.25) is 0 Å². The first-order valence-corrected chi connectivity index (χ1v) is 8.84. The zero-order valence-corrected chi connectivity index (χ0v) is 15.8. The lowest BCUT2D eigenvalue weighted by Crippen LogP contribution is -2.49. The topological polar surface area (TPSA) is 95.3 Å². The number of amides is 2. The second kappa shape index (κ2) is 8.17. The number of nitriles is 1. The van der Waals surface area contributed by atoms with Crippen molar-refractivity contribution in [1.29, 1.82) is 5.26 Å². The number of nitrogens with one attached hydrogen (secondary N) is 1. The van der Waals surface area contributed by atoms with Gasteiger partial charge in [-0.3, -0.25) is 4.79 Å². The molecule has 2 amide bonds. The number of ether oxygens (including phenoxy) is 1. The van der Waals surface area contributed by atoms with Crippen LogP contribution in [-0.4, -0.2) is 46.6 Å². The van der Waals surface area contributed by atoms with Crippen LogP contribution < -0.4 is 5.32 Å². The fourth-order valence-corrected chi connectivity index (χ4v) is 2.90. The first-order valence-electron chi connectivity index (χ1n) is 8.84. The van der Waals surface area contributed by atoms with Crippen LogP contribution in [0.4, 0.5) is 4.79 Å². The molecular weight excluding hydrogens is 332 g/mol. The van der Waals surface area contributed by atoms with E-state index in [9.17, 15) is 9.59 Å². The number of nitrogens with zero attached hydrogens (tertiary/aromatic N) is 3. The van der Waals surface area contributed by atoms with Gasteiger partial charge >= 0.3 is 6.09 Å². The van der Waals surface area contributed by atoms with Crippen LogP contribution in [0, 0.1) is 17.2 Å². The van der Waals surface area contributed by atoms with E-state index in [2.05, 4.69) is 10.3 Å². The van der Waals surface area contributed by atoms with Crippen LogP contribution in [0.5, 0.6) is 0 Å². The summed E-state index contributed by atoms with van der Waals surface area (Å²) in [4.78, 5) is 30.3. The maximum atomic E-state index is 12.3. The second-order valence-electron chi connectivity index (χ2n) is 7.63. The third kappa shape index (κ3) is 5.45. The van der Waals surface area contributed by atoms with Gasteiger partial charge in [0.05, 0.1) is 5.56 Å². The molecular formula is C19H26N4O3. The molecule has 7 heteroatoms. The molecule has 1 aromatic heterocycles. The first-order chi connectivity index (χ1) is 12.2. The van der Waals surface area contributed by atoms with Crippen LogP contribution in [0.3, 0.4) is 0 Å². The Bertz CT molecular complexity index is 688. The average molecular weight is 358 g/mol. The van der Waals surface area contributed by atoms with Crippen molar-refractivity contribution >= 4 is 12.0 Å². The molecule has 2 atom stereocenters. The molecule has 0 saturated carbocycles. The smallest absolute Gasteiger partial charge is 0.410 e. The highest BCUT2D eigenvalue weighted by atomic mass is 16.6. The Morgan fingerprint density at radius 2 is 2.15 bits per heavy atom. The molecule has 0 aliphatic carbocycles. The van der Waals surface area contributed by atoms with Gasteiger partial charge in [-0.2, -0.15) is 5.26 Å². The van der Waals surface area contributed by atoms with E-state index in [0.717, 1.165) is 12.8 Å². The van der Waals surface area contributed by atoms with E-state index in [-0.39, 0.29) is 29.7 Å². The Kier molecular flexibility index (Phi) is 6.19. The molecule has 1 fully saturated rings. The minimum atomic E-state index is -0.523. The monoisotopic (exact) mass is 358 g/mol. The largest absolute Gasteiger partial charge is 0.444 e. The number of rotatable bonds is 3. The Balaban J connectivity index is 1.93. The van der Waals surface area contributed by atoms with Gasteiger partial charge in [0, 0.05) is 25.3 Å². The van der Waals surface area contributed by atoms with Crippen molar-refractivity contribution in [2.45, 2.75) is 52.2 Å². The van der Waals surface area contributed by atoms with Crippen molar-refractivity contribution in [3.05, 3.63) is 29.6 Å². The van der Waals surface area contributed by atoms with Gasteiger partial charge in [0.2, 0.25) is 0 Å². The Morgan fingerprint density at radius 1 is 1.42 bits per heavy atom. The molecule has 26 heavy (non-hydrogen) atoms. The van der Waals surface area contributed by atoms with Crippen LogP contribution in [0.1, 0.15) is 56.6 Å². The highest BCUT2D eigenvalue weighted by Crippen LogP contribution is 2.22. The van der Waals surface area contributed by atoms with Gasteiger partial charge in [-0.05, 0) is 58.6 Å². The summed E-state index contributed by atoms with van der Waals surface area (Å²) in [5.41, 5.74) is 0.163. The molecule has 1 aromatic rings. The maximum absolute atomic E-state index is 12.3. The number of aromatic nitrogens is 1. The Hall–Kier alpha value is -2.62. The maximum Gasteiger partial charge on any atom is 0.410 e. The molecule has 0 spiro atoms. The molecule has 2 rings (SSSR count). The summed E-state index contributed by atoms with van der Waals surface area (Å²) in [6, 6.07) is 4.97. The van der Waals surface area contributed by atoms with E-state index in [1.807, 2.05) is 33.8 Å². The van der Waals surface area contributed by atoms with Crippen LogP contribution >= 0.6 is 0 Å². The SMILES string of the molecule is C[C@@H](NC(=O)c1ccc(C#N)cn1)[C@H]1CCCN(C(=O)OC(C)(C)C)C1. The lowest BCUT2D eigenvalue weighted by atomic mass is 9.91. The minimum Gasteiger partial charge on any atom is -0.444 e. The number of likely N-dealkylation sites (tertiary alicyclic amines) is 1.